The van der Waals surface area contributed by atoms with Crippen molar-refractivity contribution in [3.63, 3.8) is 0 Å². The maximum atomic E-state index is 10.8. The van der Waals surface area contributed by atoms with Crippen LogP contribution in [0.3, 0.4) is 0 Å². The van der Waals surface area contributed by atoms with Crippen molar-refractivity contribution in [1.29, 1.82) is 0 Å². The number of anilines is 1. The fraction of sp³-hybridized carbons (Fsp3) is 0.450. The van der Waals surface area contributed by atoms with E-state index in [9.17, 15) is 10.2 Å². The summed E-state index contributed by atoms with van der Waals surface area (Å²) in [7, 11) is 0. The lowest BCUT2D eigenvalue weighted by molar-refractivity contribution is -0.0918. The zero-order valence-corrected chi connectivity index (χ0v) is 16.4. The van der Waals surface area contributed by atoms with Gasteiger partial charge >= 0.3 is 0 Å². The molecule has 2 aliphatic rings. The summed E-state index contributed by atoms with van der Waals surface area (Å²) < 4.78 is 7.66. The molecule has 8 nitrogen and oxygen atoms in total. The number of hydrogen-bond acceptors (Lipinski definition) is 7. The number of pyridine rings is 1. The highest BCUT2D eigenvalue weighted by atomic mass is 35.5. The molecule has 2 fully saturated rings. The van der Waals surface area contributed by atoms with Gasteiger partial charge in [-0.3, -0.25) is 0 Å². The molecular weight excluding hydrogens is 394 g/mol. The fourth-order valence-electron chi connectivity index (χ4n) is 5.04. The number of aromatic nitrogens is 4. The Bertz CT molecular complexity index is 1050. The summed E-state index contributed by atoms with van der Waals surface area (Å²) in [6.07, 6.45) is 3.89. The highest BCUT2D eigenvalue weighted by molar-refractivity contribution is 6.29. The number of rotatable bonds is 4. The molecule has 0 aliphatic heterocycles. The fourth-order valence-corrected chi connectivity index (χ4v) is 5.20. The number of ether oxygens (including phenoxy) is 1. The van der Waals surface area contributed by atoms with E-state index < -0.39 is 12.2 Å². The van der Waals surface area contributed by atoms with Crippen LogP contribution in [0.25, 0.3) is 11.0 Å². The van der Waals surface area contributed by atoms with Crippen LogP contribution in [-0.2, 0) is 0 Å². The molecule has 3 heterocycles. The SMILES string of the molecule is Nc1ncnc2c1ccn2[C@@H]1C[C@]2(C[C@@H](COc3cccc(Cl)n3)C2)[C@@H](O)[C@H]1O. The van der Waals surface area contributed by atoms with Gasteiger partial charge in [0.25, 0.3) is 0 Å². The van der Waals surface area contributed by atoms with Crippen molar-refractivity contribution >= 4 is 28.5 Å². The van der Waals surface area contributed by atoms with Crippen LogP contribution >= 0.6 is 11.6 Å². The Morgan fingerprint density at radius 3 is 2.83 bits per heavy atom. The molecular formula is C20H22ClN5O3. The number of aliphatic hydroxyl groups excluding tert-OH is 2. The Kier molecular flexibility index (Phi) is 4.38. The minimum absolute atomic E-state index is 0.256. The molecule has 3 aromatic rings. The molecule has 152 valence electrons. The summed E-state index contributed by atoms with van der Waals surface area (Å²) in [5, 5.41) is 22.7. The van der Waals surface area contributed by atoms with E-state index in [0.717, 1.165) is 18.2 Å². The van der Waals surface area contributed by atoms with Gasteiger partial charge in [0.1, 0.15) is 29.0 Å². The molecule has 3 atom stereocenters. The first-order chi connectivity index (χ1) is 14.0. The van der Waals surface area contributed by atoms with Gasteiger partial charge in [-0.1, -0.05) is 17.7 Å². The predicted octanol–water partition coefficient (Wildman–Crippen LogP) is 2.20. The minimum atomic E-state index is -0.863. The molecule has 1 spiro atoms. The van der Waals surface area contributed by atoms with Crippen LogP contribution in [0.15, 0.2) is 36.8 Å². The van der Waals surface area contributed by atoms with Gasteiger partial charge in [-0.05, 0) is 37.3 Å². The molecule has 0 amide bonds. The van der Waals surface area contributed by atoms with Crippen LogP contribution in [0, 0.1) is 11.3 Å². The normalized spacial score (nSPS) is 31.3. The summed E-state index contributed by atoms with van der Waals surface area (Å²) >= 11 is 5.89. The van der Waals surface area contributed by atoms with E-state index in [1.54, 1.807) is 18.2 Å². The zero-order valence-electron chi connectivity index (χ0n) is 15.6. The number of hydrogen-bond donors (Lipinski definition) is 3. The maximum absolute atomic E-state index is 10.8. The summed E-state index contributed by atoms with van der Waals surface area (Å²) in [5.41, 5.74) is 6.29. The van der Waals surface area contributed by atoms with E-state index in [0.29, 0.717) is 41.4 Å². The topological polar surface area (TPSA) is 119 Å². The lowest BCUT2D eigenvalue weighted by Gasteiger charge is -2.47. The Labute approximate surface area is 172 Å². The average Bonchev–Trinajstić information content (AvgIpc) is 3.21. The first kappa shape index (κ1) is 18.6. The minimum Gasteiger partial charge on any atom is -0.477 e. The molecule has 3 aromatic heterocycles. The Balaban J connectivity index is 1.29. The van der Waals surface area contributed by atoms with E-state index in [1.807, 2.05) is 16.8 Å². The van der Waals surface area contributed by atoms with Crippen LogP contribution in [0.4, 0.5) is 5.82 Å². The molecule has 5 rings (SSSR count). The number of nitrogen functional groups attached to an aromatic ring is 1. The molecule has 0 saturated heterocycles. The second kappa shape index (κ2) is 6.83. The molecule has 0 unspecified atom stereocenters. The van der Waals surface area contributed by atoms with Crippen molar-refractivity contribution in [2.75, 3.05) is 12.3 Å². The lowest BCUT2D eigenvalue weighted by Crippen LogP contribution is -2.47. The van der Waals surface area contributed by atoms with E-state index in [2.05, 4.69) is 15.0 Å². The van der Waals surface area contributed by atoms with Gasteiger partial charge in [0.2, 0.25) is 5.88 Å². The maximum Gasteiger partial charge on any atom is 0.214 e. The molecule has 2 aliphatic carbocycles. The van der Waals surface area contributed by atoms with Gasteiger partial charge in [0.05, 0.1) is 24.1 Å². The monoisotopic (exact) mass is 415 g/mol. The van der Waals surface area contributed by atoms with Crippen LogP contribution in [0.2, 0.25) is 5.15 Å². The van der Waals surface area contributed by atoms with Gasteiger partial charge in [0, 0.05) is 17.7 Å². The molecule has 4 N–H and O–H groups in total. The Hall–Kier alpha value is -2.42. The van der Waals surface area contributed by atoms with E-state index in [1.165, 1.54) is 6.33 Å². The third-order valence-corrected chi connectivity index (χ3v) is 6.62. The summed E-state index contributed by atoms with van der Waals surface area (Å²) in [6.45, 7) is 0.513. The zero-order chi connectivity index (χ0) is 20.2. The van der Waals surface area contributed by atoms with Crippen LogP contribution in [0.1, 0.15) is 25.3 Å². The third-order valence-electron chi connectivity index (χ3n) is 6.41. The van der Waals surface area contributed by atoms with E-state index in [-0.39, 0.29) is 11.5 Å². The van der Waals surface area contributed by atoms with Crippen molar-refractivity contribution in [3.05, 3.63) is 41.9 Å². The van der Waals surface area contributed by atoms with E-state index in [4.69, 9.17) is 22.1 Å². The number of nitrogens with zero attached hydrogens (tertiary/aromatic N) is 4. The lowest BCUT2D eigenvalue weighted by atomic mass is 9.60. The van der Waals surface area contributed by atoms with Gasteiger partial charge in [-0.25, -0.2) is 15.0 Å². The van der Waals surface area contributed by atoms with E-state index >= 15 is 0 Å². The quantitative estimate of drug-likeness (QED) is 0.559. The summed E-state index contributed by atoms with van der Waals surface area (Å²) in [4.78, 5) is 12.5. The molecule has 0 radical (unpaired) electrons. The molecule has 29 heavy (non-hydrogen) atoms. The van der Waals surface area contributed by atoms with Crippen LogP contribution in [0.5, 0.6) is 5.88 Å². The molecule has 0 aromatic carbocycles. The Morgan fingerprint density at radius 1 is 1.21 bits per heavy atom. The average molecular weight is 416 g/mol. The Morgan fingerprint density at radius 2 is 2.03 bits per heavy atom. The number of halogens is 1. The van der Waals surface area contributed by atoms with Crippen molar-refractivity contribution in [3.8, 4) is 5.88 Å². The summed E-state index contributed by atoms with van der Waals surface area (Å²) in [5.74, 6) is 1.21. The molecule has 2 saturated carbocycles. The second-order valence-electron chi connectivity index (χ2n) is 8.17. The van der Waals surface area contributed by atoms with Gasteiger partial charge in [-0.2, -0.15) is 0 Å². The van der Waals surface area contributed by atoms with Gasteiger partial charge in [-0.15, -0.1) is 0 Å². The molecule has 0 bridgehead atoms. The highest BCUT2D eigenvalue weighted by Crippen LogP contribution is 2.59. The van der Waals surface area contributed by atoms with Gasteiger partial charge < -0.3 is 25.3 Å². The standard InChI is InChI=1S/C20H22ClN5O3/c21-14-2-1-3-15(25-14)29-9-11-6-20(7-11)8-13(16(27)17(20)28)26-5-4-12-18(22)23-10-24-19(12)26/h1-5,10-11,13,16-17,27-28H,6-9H2,(H2,22,23,24)/t11-,13-,16+,17+,20-/m1/s1. The second-order valence-corrected chi connectivity index (χ2v) is 8.56. The van der Waals surface area contributed by atoms with Gasteiger partial charge in [0.15, 0.2) is 0 Å². The largest absolute Gasteiger partial charge is 0.477 e. The highest BCUT2D eigenvalue weighted by Gasteiger charge is 2.59. The first-order valence-electron chi connectivity index (χ1n) is 9.65. The van der Waals surface area contributed by atoms with Crippen LogP contribution in [-0.4, -0.2) is 48.5 Å². The predicted molar refractivity (Wildman–Crippen MR) is 108 cm³/mol. The first-order valence-corrected chi connectivity index (χ1v) is 10.0. The van der Waals surface area contributed by atoms with Crippen molar-refractivity contribution in [2.45, 2.75) is 37.5 Å². The number of nitrogens with two attached hydrogens (primary N) is 1. The van der Waals surface area contributed by atoms with Crippen molar-refractivity contribution < 1.29 is 14.9 Å². The van der Waals surface area contributed by atoms with Crippen molar-refractivity contribution in [1.82, 2.24) is 19.5 Å². The molecule has 9 heteroatoms. The smallest absolute Gasteiger partial charge is 0.214 e. The van der Waals surface area contributed by atoms with Crippen LogP contribution < -0.4 is 10.5 Å². The third kappa shape index (κ3) is 3.02. The number of fused-ring (bicyclic) bond motifs is 1. The number of aliphatic hydroxyl groups is 2. The summed E-state index contributed by atoms with van der Waals surface area (Å²) in [6, 6.07) is 6.87. The van der Waals surface area contributed by atoms with Crippen molar-refractivity contribution in [2.24, 2.45) is 11.3 Å².